The van der Waals surface area contributed by atoms with E-state index < -0.39 is 22.9 Å². The molecule has 0 amide bonds. The maximum Gasteiger partial charge on any atom is 0.163 e. The average molecular weight is 423 g/mol. The minimum absolute atomic E-state index is 0.118. The fourth-order valence-electron chi connectivity index (χ4n) is 5.15. The molecular formula is C26H46O4. The Kier molecular flexibility index (Phi) is 8.67. The molecule has 0 aromatic heterocycles. The Labute approximate surface area is 184 Å². The second kappa shape index (κ2) is 9.63. The zero-order valence-electron chi connectivity index (χ0n) is 21.0. The summed E-state index contributed by atoms with van der Waals surface area (Å²) in [7, 11) is 0. The normalized spacial score (nSPS) is 21.4. The molecule has 0 saturated heterocycles. The minimum Gasteiger partial charge on any atom is -0.389 e. The minimum atomic E-state index is -0.625. The summed E-state index contributed by atoms with van der Waals surface area (Å²) in [6, 6.07) is 0. The number of ketones is 3. The number of Topliss-reactive ketones (excluding diaryl/α,β-unsaturated/α-hetero) is 3. The van der Waals surface area contributed by atoms with Crippen LogP contribution in [-0.4, -0.2) is 29.1 Å². The molecule has 2 atom stereocenters. The van der Waals surface area contributed by atoms with E-state index in [0.717, 1.165) is 32.1 Å². The molecule has 0 aliphatic heterocycles. The van der Waals surface area contributed by atoms with Crippen LogP contribution in [0.15, 0.2) is 0 Å². The molecule has 174 valence electrons. The SMILES string of the molecule is CC(C)(C)C(=O)C1CCCC(CC(C)(C)C(=O)C(C)(C)CCC(C)(C)C(=O)CO)C1. The van der Waals surface area contributed by atoms with Crippen molar-refractivity contribution in [2.45, 2.75) is 107 Å². The first kappa shape index (κ1) is 27.0. The Bertz CT molecular complexity index is 634. The Morgan fingerprint density at radius 1 is 0.800 bits per heavy atom. The molecule has 0 heterocycles. The zero-order chi connectivity index (χ0) is 23.5. The van der Waals surface area contributed by atoms with Crippen LogP contribution < -0.4 is 0 Å². The maximum absolute atomic E-state index is 13.5. The summed E-state index contributed by atoms with van der Waals surface area (Å²) in [4.78, 5) is 38.2. The van der Waals surface area contributed by atoms with Crippen LogP contribution in [0.1, 0.15) is 107 Å². The van der Waals surface area contributed by atoms with Crippen LogP contribution in [0.3, 0.4) is 0 Å². The van der Waals surface area contributed by atoms with E-state index in [4.69, 9.17) is 0 Å². The number of rotatable bonds is 10. The lowest BCUT2D eigenvalue weighted by Crippen LogP contribution is -2.40. The Morgan fingerprint density at radius 2 is 1.33 bits per heavy atom. The van der Waals surface area contributed by atoms with Gasteiger partial charge in [0.05, 0.1) is 0 Å². The van der Waals surface area contributed by atoms with Crippen LogP contribution in [0, 0.1) is 33.5 Å². The number of hydrogen-bond donors (Lipinski definition) is 1. The summed E-state index contributed by atoms with van der Waals surface area (Å²) >= 11 is 0. The van der Waals surface area contributed by atoms with Gasteiger partial charge in [-0.05, 0) is 38.0 Å². The predicted molar refractivity (Wildman–Crippen MR) is 122 cm³/mol. The molecule has 4 heteroatoms. The third kappa shape index (κ3) is 7.00. The van der Waals surface area contributed by atoms with Crippen LogP contribution >= 0.6 is 0 Å². The van der Waals surface area contributed by atoms with Gasteiger partial charge in [-0.1, -0.05) is 75.2 Å². The van der Waals surface area contributed by atoms with E-state index in [9.17, 15) is 19.5 Å². The Hall–Kier alpha value is -1.03. The number of carbonyl (C=O) groups excluding carboxylic acids is 3. The van der Waals surface area contributed by atoms with Crippen molar-refractivity contribution in [1.29, 1.82) is 0 Å². The van der Waals surface area contributed by atoms with Gasteiger partial charge in [-0.25, -0.2) is 0 Å². The van der Waals surface area contributed by atoms with E-state index in [1.165, 1.54) is 0 Å². The highest BCUT2D eigenvalue weighted by molar-refractivity contribution is 5.89. The summed E-state index contributed by atoms with van der Waals surface area (Å²) in [6.45, 7) is 17.2. The summed E-state index contributed by atoms with van der Waals surface area (Å²) in [5, 5.41) is 9.19. The number of aliphatic hydroxyl groups is 1. The average Bonchev–Trinajstić information content (AvgIpc) is 2.63. The molecule has 1 aliphatic rings. The summed E-state index contributed by atoms with van der Waals surface area (Å²) in [5.74, 6) is 0.922. The zero-order valence-corrected chi connectivity index (χ0v) is 21.0. The monoisotopic (exact) mass is 422 g/mol. The number of carbonyl (C=O) groups is 3. The van der Waals surface area contributed by atoms with Crippen molar-refractivity contribution in [3.05, 3.63) is 0 Å². The largest absolute Gasteiger partial charge is 0.389 e. The summed E-state index contributed by atoms with van der Waals surface area (Å²) in [5.41, 5.74) is -1.93. The Balaban J connectivity index is 2.81. The highest BCUT2D eigenvalue weighted by Gasteiger charge is 2.43. The van der Waals surface area contributed by atoms with Crippen molar-refractivity contribution in [2.75, 3.05) is 6.61 Å². The third-order valence-electron chi connectivity index (χ3n) is 7.19. The molecule has 1 saturated carbocycles. The van der Waals surface area contributed by atoms with Gasteiger partial charge in [-0.3, -0.25) is 14.4 Å². The molecule has 0 aromatic carbocycles. The molecule has 0 radical (unpaired) electrons. The topological polar surface area (TPSA) is 71.4 Å². The first-order valence-electron chi connectivity index (χ1n) is 11.7. The molecule has 1 aliphatic carbocycles. The molecular weight excluding hydrogens is 376 g/mol. The molecule has 2 unspecified atom stereocenters. The summed E-state index contributed by atoms with van der Waals surface area (Å²) < 4.78 is 0. The van der Waals surface area contributed by atoms with E-state index in [-0.39, 0.29) is 22.9 Å². The van der Waals surface area contributed by atoms with Crippen LogP contribution in [-0.2, 0) is 14.4 Å². The van der Waals surface area contributed by atoms with Crippen LogP contribution in [0.25, 0.3) is 0 Å². The van der Waals surface area contributed by atoms with Gasteiger partial charge < -0.3 is 5.11 Å². The van der Waals surface area contributed by atoms with E-state index >= 15 is 0 Å². The van der Waals surface area contributed by atoms with E-state index in [0.29, 0.717) is 24.5 Å². The van der Waals surface area contributed by atoms with Gasteiger partial charge in [0, 0.05) is 27.6 Å². The predicted octanol–water partition coefficient (Wildman–Crippen LogP) is 5.79. The number of aliphatic hydroxyl groups excluding tert-OH is 1. The number of hydrogen-bond acceptors (Lipinski definition) is 4. The van der Waals surface area contributed by atoms with Crippen molar-refractivity contribution in [2.24, 2.45) is 33.5 Å². The standard InChI is InChI=1S/C26H46O4/c1-23(2,3)21(29)19-12-10-11-18(15-19)16-26(8,9)22(30)25(6,7)14-13-24(4,5)20(28)17-27/h18-19,27H,10-17H2,1-9H3. The first-order valence-corrected chi connectivity index (χ1v) is 11.7. The second-order valence-corrected chi connectivity index (χ2v) is 12.6. The molecule has 0 aromatic rings. The van der Waals surface area contributed by atoms with Crippen molar-refractivity contribution in [3.8, 4) is 0 Å². The lowest BCUT2D eigenvalue weighted by molar-refractivity contribution is -0.139. The fourth-order valence-corrected chi connectivity index (χ4v) is 5.15. The van der Waals surface area contributed by atoms with E-state index in [1.807, 2.05) is 62.3 Å². The van der Waals surface area contributed by atoms with E-state index in [2.05, 4.69) is 0 Å². The van der Waals surface area contributed by atoms with Gasteiger partial charge in [0.2, 0.25) is 0 Å². The van der Waals surface area contributed by atoms with Gasteiger partial charge in [-0.2, -0.15) is 0 Å². The van der Waals surface area contributed by atoms with Crippen LogP contribution in [0.2, 0.25) is 0 Å². The van der Waals surface area contributed by atoms with Gasteiger partial charge in [0.1, 0.15) is 18.2 Å². The fraction of sp³-hybridized carbons (Fsp3) is 0.885. The molecule has 0 bridgehead atoms. The van der Waals surface area contributed by atoms with E-state index in [1.54, 1.807) is 0 Å². The van der Waals surface area contributed by atoms with Crippen LogP contribution in [0.5, 0.6) is 0 Å². The van der Waals surface area contributed by atoms with Gasteiger partial charge >= 0.3 is 0 Å². The van der Waals surface area contributed by atoms with Crippen molar-refractivity contribution in [3.63, 3.8) is 0 Å². The third-order valence-corrected chi connectivity index (χ3v) is 7.19. The van der Waals surface area contributed by atoms with Crippen molar-refractivity contribution < 1.29 is 19.5 Å². The Morgan fingerprint density at radius 3 is 1.83 bits per heavy atom. The smallest absolute Gasteiger partial charge is 0.163 e. The van der Waals surface area contributed by atoms with Gasteiger partial charge in [0.25, 0.3) is 0 Å². The highest BCUT2D eigenvalue weighted by atomic mass is 16.3. The lowest BCUT2D eigenvalue weighted by atomic mass is 9.64. The van der Waals surface area contributed by atoms with Crippen molar-refractivity contribution >= 4 is 17.3 Å². The molecule has 1 N–H and O–H groups in total. The molecule has 0 spiro atoms. The first-order chi connectivity index (χ1) is 13.4. The van der Waals surface area contributed by atoms with Crippen molar-refractivity contribution in [1.82, 2.24) is 0 Å². The quantitative estimate of drug-likeness (QED) is 0.484. The molecule has 1 rings (SSSR count). The molecule has 1 fully saturated rings. The van der Waals surface area contributed by atoms with Gasteiger partial charge in [-0.15, -0.1) is 0 Å². The summed E-state index contributed by atoms with van der Waals surface area (Å²) in [6.07, 6.45) is 6.01. The second-order valence-electron chi connectivity index (χ2n) is 12.6. The maximum atomic E-state index is 13.5. The van der Waals surface area contributed by atoms with Crippen LogP contribution in [0.4, 0.5) is 0 Å². The highest BCUT2D eigenvalue weighted by Crippen LogP contribution is 2.44. The molecule has 30 heavy (non-hydrogen) atoms. The molecule has 4 nitrogen and oxygen atoms in total. The lowest BCUT2D eigenvalue weighted by Gasteiger charge is -2.39. The van der Waals surface area contributed by atoms with Gasteiger partial charge in [0.15, 0.2) is 5.78 Å².